The fourth-order valence-corrected chi connectivity index (χ4v) is 1.80. The van der Waals surface area contributed by atoms with E-state index in [-0.39, 0.29) is 16.4 Å². The van der Waals surface area contributed by atoms with Gasteiger partial charge in [-0.1, -0.05) is 21.7 Å². The van der Waals surface area contributed by atoms with E-state index in [1.54, 1.807) is 19.1 Å². The lowest BCUT2D eigenvalue weighted by atomic mass is 10.1. The average Bonchev–Trinajstić information content (AvgIpc) is 2.84. The van der Waals surface area contributed by atoms with E-state index in [0.717, 1.165) is 11.5 Å². The van der Waals surface area contributed by atoms with E-state index >= 15 is 0 Å². The van der Waals surface area contributed by atoms with Gasteiger partial charge in [0.2, 0.25) is 5.13 Å². The molecule has 1 aromatic heterocycles. The van der Waals surface area contributed by atoms with E-state index in [0.29, 0.717) is 5.56 Å². The monoisotopic (exact) mass is 279 g/mol. The summed E-state index contributed by atoms with van der Waals surface area (Å²) >= 11 is 0.916. The van der Waals surface area contributed by atoms with Gasteiger partial charge in [0.15, 0.2) is 0 Å². The van der Waals surface area contributed by atoms with Crippen molar-refractivity contribution >= 4 is 34.4 Å². The Morgan fingerprint density at radius 3 is 2.74 bits per heavy atom. The van der Waals surface area contributed by atoms with Crippen molar-refractivity contribution in [2.24, 2.45) is 0 Å². The van der Waals surface area contributed by atoms with Gasteiger partial charge in [-0.25, -0.2) is 9.59 Å². The fourth-order valence-electron chi connectivity index (χ4n) is 1.44. The lowest BCUT2D eigenvalue weighted by Crippen LogP contribution is -2.21. The molecular weight excluding hydrogens is 270 g/mol. The lowest BCUT2D eigenvalue weighted by Gasteiger charge is -2.11. The second-order valence-corrected chi connectivity index (χ2v) is 4.28. The summed E-state index contributed by atoms with van der Waals surface area (Å²) in [7, 11) is 0. The molecule has 0 aliphatic heterocycles. The average molecular weight is 279 g/mol. The Kier molecular flexibility index (Phi) is 3.66. The largest absolute Gasteiger partial charge is 0.478 e. The third kappa shape index (κ3) is 3.01. The van der Waals surface area contributed by atoms with Gasteiger partial charge >= 0.3 is 12.0 Å². The first kappa shape index (κ1) is 12.9. The van der Waals surface area contributed by atoms with Crippen molar-refractivity contribution in [3.05, 3.63) is 29.3 Å². The highest BCUT2D eigenvalue weighted by atomic mass is 32.1. The van der Waals surface area contributed by atoms with Crippen LogP contribution in [0.5, 0.6) is 0 Å². The first-order chi connectivity index (χ1) is 9.08. The van der Waals surface area contributed by atoms with Crippen LogP contribution >= 0.6 is 11.5 Å². The maximum absolute atomic E-state index is 11.7. The number of carbonyl (C=O) groups excluding carboxylic acids is 1. The number of aromatic carboxylic acids is 1. The number of amides is 2. The van der Waals surface area contributed by atoms with Crippen LogP contribution in [0.4, 0.5) is 15.6 Å². The van der Waals surface area contributed by atoms with Crippen LogP contribution in [0.3, 0.4) is 0 Å². The van der Waals surface area contributed by atoms with Gasteiger partial charge in [0.25, 0.3) is 0 Å². The molecule has 3 N–H and O–H groups in total. The van der Waals surface area contributed by atoms with E-state index in [4.69, 9.17) is 5.11 Å². The first-order valence-electron chi connectivity index (χ1n) is 5.14. The number of nitrogens with one attached hydrogen (secondary N) is 2. The normalized spacial score (nSPS) is 9.95. The van der Waals surface area contributed by atoms with Crippen molar-refractivity contribution in [3.8, 4) is 0 Å². The van der Waals surface area contributed by atoms with Crippen LogP contribution in [0.15, 0.2) is 18.2 Å². The smallest absolute Gasteiger partial charge is 0.337 e. The Morgan fingerprint density at radius 1 is 1.32 bits per heavy atom. The second kappa shape index (κ2) is 5.40. The van der Waals surface area contributed by atoms with Gasteiger partial charge in [0.05, 0.1) is 11.3 Å². The highest BCUT2D eigenvalue weighted by molar-refractivity contribution is 7.09. The minimum atomic E-state index is -1.11. The predicted octanol–water partition coefficient (Wildman–Crippen LogP) is 1.58. The minimum absolute atomic E-state index is 0.0190. The molecule has 0 saturated heterocycles. The summed E-state index contributed by atoms with van der Waals surface area (Å²) < 4.78 is 3.49. The van der Waals surface area contributed by atoms with Gasteiger partial charge in [-0.15, -0.1) is 0 Å². The summed E-state index contributed by atoms with van der Waals surface area (Å²) in [4.78, 5) is 22.8. The highest BCUT2D eigenvalue weighted by Gasteiger charge is 2.15. The molecule has 0 radical (unpaired) electrons. The Labute approximate surface area is 111 Å². The number of carboxylic acids is 1. The molecule has 1 aromatic carbocycles. The summed E-state index contributed by atoms with van der Waals surface area (Å²) in [5.74, 6) is -1.11. The van der Waals surface area contributed by atoms with Gasteiger partial charge in [0.1, 0.15) is 0 Å². The van der Waals surface area contributed by atoms with Gasteiger partial charge in [0, 0.05) is 11.5 Å². The molecule has 2 aromatic rings. The van der Waals surface area contributed by atoms with Gasteiger partial charge < -0.3 is 10.4 Å². The third-order valence-electron chi connectivity index (χ3n) is 2.26. The van der Waals surface area contributed by atoms with E-state index in [1.807, 2.05) is 0 Å². The van der Waals surface area contributed by atoms with E-state index in [1.165, 1.54) is 6.07 Å². The van der Waals surface area contributed by atoms with Crippen molar-refractivity contribution in [2.75, 3.05) is 10.6 Å². The second-order valence-electron chi connectivity index (χ2n) is 3.55. The number of carboxylic acid groups (broad SMARTS) is 1. The maximum atomic E-state index is 11.7. The summed E-state index contributed by atoms with van der Waals surface area (Å²) in [6.07, 6.45) is 0. The van der Waals surface area contributed by atoms with Gasteiger partial charge in [-0.2, -0.15) is 0 Å². The molecule has 0 saturated carbocycles. The van der Waals surface area contributed by atoms with Crippen LogP contribution < -0.4 is 10.6 Å². The zero-order chi connectivity index (χ0) is 13.8. The summed E-state index contributed by atoms with van der Waals surface area (Å²) in [5.41, 5.74) is 0.904. The molecule has 8 nitrogen and oxygen atoms in total. The van der Waals surface area contributed by atoms with Gasteiger partial charge in [-0.3, -0.25) is 5.32 Å². The van der Waals surface area contributed by atoms with Crippen LogP contribution in [0.2, 0.25) is 0 Å². The van der Waals surface area contributed by atoms with Crippen LogP contribution in [0, 0.1) is 6.92 Å². The molecule has 0 atom stereocenters. The molecule has 98 valence electrons. The minimum Gasteiger partial charge on any atom is -0.478 e. The SMILES string of the molecule is Cc1cccc(C(=O)O)c1NC(=O)Nc1nnns1. The molecule has 0 bridgehead atoms. The molecule has 2 amide bonds. The lowest BCUT2D eigenvalue weighted by molar-refractivity contribution is 0.0698. The van der Waals surface area contributed by atoms with Crippen molar-refractivity contribution in [1.82, 2.24) is 14.8 Å². The first-order valence-corrected chi connectivity index (χ1v) is 5.91. The summed E-state index contributed by atoms with van der Waals surface area (Å²) in [5, 5.41) is 21.0. The molecule has 1 heterocycles. The van der Waals surface area contributed by atoms with E-state index < -0.39 is 12.0 Å². The number of anilines is 2. The summed E-state index contributed by atoms with van der Waals surface area (Å²) in [6.45, 7) is 1.70. The fraction of sp³-hybridized carbons (Fsp3) is 0.100. The quantitative estimate of drug-likeness (QED) is 0.785. The molecule has 2 rings (SSSR count). The molecule has 0 aliphatic rings. The number of benzene rings is 1. The molecule has 0 aliphatic carbocycles. The van der Waals surface area contributed by atoms with E-state index in [2.05, 4.69) is 25.4 Å². The molecule has 9 heteroatoms. The Balaban J connectivity index is 2.19. The third-order valence-corrected chi connectivity index (χ3v) is 2.77. The van der Waals surface area contributed by atoms with Crippen molar-refractivity contribution in [2.45, 2.75) is 6.92 Å². The Bertz CT molecular complexity index is 614. The van der Waals surface area contributed by atoms with Crippen LogP contribution in [-0.4, -0.2) is 31.9 Å². The number of nitrogens with zero attached hydrogens (tertiary/aromatic N) is 3. The number of para-hydroxylation sites is 1. The molecule has 0 unspecified atom stereocenters. The number of rotatable bonds is 3. The van der Waals surface area contributed by atoms with Crippen LogP contribution in [-0.2, 0) is 0 Å². The highest BCUT2D eigenvalue weighted by Crippen LogP contribution is 2.21. The molecule has 0 spiro atoms. The van der Waals surface area contributed by atoms with Crippen LogP contribution in [0.25, 0.3) is 0 Å². The molecule has 0 fully saturated rings. The zero-order valence-corrected chi connectivity index (χ0v) is 10.6. The van der Waals surface area contributed by atoms with Crippen molar-refractivity contribution in [3.63, 3.8) is 0 Å². The molecular formula is C10H9N5O3S. The topological polar surface area (TPSA) is 117 Å². The van der Waals surface area contributed by atoms with Gasteiger partial charge in [-0.05, 0) is 23.8 Å². The van der Waals surface area contributed by atoms with Crippen molar-refractivity contribution in [1.29, 1.82) is 0 Å². The standard InChI is InChI=1S/C10H9N5O3S/c1-5-3-2-4-6(8(16)17)7(5)11-9(18)12-10-13-14-15-19-10/h2-4H,1H3,(H,16,17)(H2,11,12,13,15,18). The number of carbonyl (C=O) groups is 2. The Hall–Kier alpha value is -2.55. The number of hydrogen-bond acceptors (Lipinski definition) is 6. The molecule has 19 heavy (non-hydrogen) atoms. The number of aryl methyl sites for hydroxylation is 1. The predicted molar refractivity (Wildman–Crippen MR) is 68.5 cm³/mol. The van der Waals surface area contributed by atoms with Crippen molar-refractivity contribution < 1.29 is 14.7 Å². The number of hydrogen-bond donors (Lipinski definition) is 3. The maximum Gasteiger partial charge on any atom is 0.337 e. The van der Waals surface area contributed by atoms with Crippen LogP contribution in [0.1, 0.15) is 15.9 Å². The Morgan fingerprint density at radius 2 is 2.11 bits per heavy atom. The zero-order valence-electron chi connectivity index (χ0n) is 9.75. The number of aromatic nitrogens is 3. The number of urea groups is 1. The van der Waals surface area contributed by atoms with E-state index in [9.17, 15) is 9.59 Å². The summed E-state index contributed by atoms with van der Waals surface area (Å²) in [6, 6.07) is 4.12.